The third kappa shape index (κ3) is 4.04. The van der Waals surface area contributed by atoms with Crippen molar-refractivity contribution in [1.29, 1.82) is 5.26 Å². The number of para-hydroxylation sites is 1. The molecule has 112 valence electrons. The van der Waals surface area contributed by atoms with Gasteiger partial charge >= 0.3 is 0 Å². The van der Waals surface area contributed by atoms with E-state index in [1.54, 1.807) is 49.7 Å². The molecule has 22 heavy (non-hydrogen) atoms. The van der Waals surface area contributed by atoms with Gasteiger partial charge in [0.15, 0.2) is 0 Å². The summed E-state index contributed by atoms with van der Waals surface area (Å²) in [6.07, 6.45) is 1.58. The van der Waals surface area contributed by atoms with Crippen LogP contribution in [0.3, 0.4) is 0 Å². The molecule has 0 aliphatic heterocycles. The lowest BCUT2D eigenvalue weighted by atomic mass is 10.2. The van der Waals surface area contributed by atoms with Gasteiger partial charge in [-0.25, -0.2) is 4.98 Å². The van der Waals surface area contributed by atoms with Crippen LogP contribution in [-0.4, -0.2) is 31.2 Å². The van der Waals surface area contributed by atoms with Crippen molar-refractivity contribution in [3.05, 3.63) is 53.9 Å². The number of pyridine rings is 1. The second kappa shape index (κ2) is 7.76. The maximum atomic E-state index is 12.1. The van der Waals surface area contributed by atoms with E-state index in [0.717, 1.165) is 5.69 Å². The predicted octanol–water partition coefficient (Wildman–Crippen LogP) is 2.26. The summed E-state index contributed by atoms with van der Waals surface area (Å²) in [4.78, 5) is 16.2. The Bertz CT molecular complexity index is 677. The first kappa shape index (κ1) is 15.5. The fourth-order valence-electron chi connectivity index (χ4n) is 1.81. The first-order valence-corrected chi connectivity index (χ1v) is 6.74. The zero-order valence-corrected chi connectivity index (χ0v) is 12.2. The molecule has 2 rings (SSSR count). The molecule has 0 aliphatic rings. The topological polar surface area (TPSA) is 87.0 Å². The number of rotatable bonds is 6. The van der Waals surface area contributed by atoms with E-state index in [4.69, 9.17) is 10.00 Å². The molecule has 0 bridgehead atoms. The van der Waals surface area contributed by atoms with Crippen LogP contribution in [0.5, 0.6) is 0 Å². The Balaban J connectivity index is 2.02. The molecule has 1 heterocycles. The third-order valence-electron chi connectivity index (χ3n) is 2.93. The molecule has 2 N–H and O–H groups in total. The number of methoxy groups -OCH3 is 1. The number of amides is 1. The monoisotopic (exact) mass is 296 g/mol. The number of benzene rings is 1. The highest BCUT2D eigenvalue weighted by molar-refractivity contribution is 6.03. The standard InChI is InChI=1S/C16H16N4O2/c1-22-9-8-18-13-6-7-15(19-11-13)16(21)20-14-5-3-2-4-12(14)10-17/h2-7,11,18H,8-9H2,1H3,(H,20,21). The molecule has 0 spiro atoms. The van der Waals surface area contributed by atoms with E-state index in [1.165, 1.54) is 0 Å². The number of hydrogen-bond acceptors (Lipinski definition) is 5. The van der Waals surface area contributed by atoms with Gasteiger partial charge < -0.3 is 15.4 Å². The van der Waals surface area contributed by atoms with Crippen molar-refractivity contribution in [2.75, 3.05) is 30.9 Å². The smallest absolute Gasteiger partial charge is 0.274 e. The van der Waals surface area contributed by atoms with E-state index in [2.05, 4.69) is 15.6 Å². The molecule has 0 fully saturated rings. The van der Waals surface area contributed by atoms with Gasteiger partial charge in [-0.05, 0) is 24.3 Å². The van der Waals surface area contributed by atoms with Crippen molar-refractivity contribution < 1.29 is 9.53 Å². The van der Waals surface area contributed by atoms with Gasteiger partial charge in [-0.3, -0.25) is 4.79 Å². The van der Waals surface area contributed by atoms with Gasteiger partial charge in [-0.2, -0.15) is 5.26 Å². The molecular weight excluding hydrogens is 280 g/mol. The maximum Gasteiger partial charge on any atom is 0.274 e. The Morgan fingerprint density at radius 3 is 2.82 bits per heavy atom. The number of carbonyl (C=O) groups is 1. The van der Waals surface area contributed by atoms with E-state index >= 15 is 0 Å². The minimum absolute atomic E-state index is 0.282. The zero-order chi connectivity index (χ0) is 15.8. The molecule has 6 nitrogen and oxygen atoms in total. The molecule has 2 aromatic rings. The molecule has 0 saturated heterocycles. The fraction of sp³-hybridized carbons (Fsp3) is 0.188. The lowest BCUT2D eigenvalue weighted by molar-refractivity contribution is 0.102. The van der Waals surface area contributed by atoms with Crippen LogP contribution in [0.25, 0.3) is 0 Å². The quantitative estimate of drug-likeness (QED) is 0.798. The van der Waals surface area contributed by atoms with E-state index in [1.807, 2.05) is 6.07 Å². The summed E-state index contributed by atoms with van der Waals surface area (Å²) in [5.41, 5.74) is 1.98. The number of nitriles is 1. The van der Waals surface area contributed by atoms with Crippen LogP contribution in [0.1, 0.15) is 16.1 Å². The molecule has 1 aromatic heterocycles. The van der Waals surface area contributed by atoms with Crippen molar-refractivity contribution >= 4 is 17.3 Å². The Kier molecular flexibility index (Phi) is 5.46. The fourth-order valence-corrected chi connectivity index (χ4v) is 1.81. The lowest BCUT2D eigenvalue weighted by Gasteiger charge is -2.08. The minimum Gasteiger partial charge on any atom is -0.383 e. The van der Waals surface area contributed by atoms with Gasteiger partial charge in [0.1, 0.15) is 11.8 Å². The first-order chi connectivity index (χ1) is 10.7. The number of hydrogen-bond donors (Lipinski definition) is 2. The average Bonchev–Trinajstić information content (AvgIpc) is 2.56. The minimum atomic E-state index is -0.355. The van der Waals surface area contributed by atoms with Gasteiger partial charge in [0, 0.05) is 13.7 Å². The van der Waals surface area contributed by atoms with Crippen molar-refractivity contribution in [2.45, 2.75) is 0 Å². The van der Waals surface area contributed by atoms with Crippen LogP contribution < -0.4 is 10.6 Å². The predicted molar refractivity (Wildman–Crippen MR) is 83.7 cm³/mol. The number of ether oxygens (including phenoxy) is 1. The van der Waals surface area contributed by atoms with Crippen molar-refractivity contribution in [3.8, 4) is 6.07 Å². The third-order valence-corrected chi connectivity index (χ3v) is 2.93. The van der Waals surface area contributed by atoms with Gasteiger partial charge in [-0.15, -0.1) is 0 Å². The summed E-state index contributed by atoms with van der Waals surface area (Å²) in [6, 6.07) is 12.3. The van der Waals surface area contributed by atoms with E-state index in [9.17, 15) is 4.79 Å². The van der Waals surface area contributed by atoms with Crippen molar-refractivity contribution in [3.63, 3.8) is 0 Å². The largest absolute Gasteiger partial charge is 0.383 e. The van der Waals surface area contributed by atoms with Gasteiger partial charge in [0.25, 0.3) is 5.91 Å². The Hall–Kier alpha value is -2.91. The van der Waals surface area contributed by atoms with Crippen molar-refractivity contribution in [1.82, 2.24) is 4.98 Å². The number of nitrogens with one attached hydrogen (secondary N) is 2. The summed E-state index contributed by atoms with van der Waals surface area (Å²) < 4.78 is 4.94. The van der Waals surface area contributed by atoms with E-state index in [0.29, 0.717) is 24.4 Å². The van der Waals surface area contributed by atoms with Gasteiger partial charge in [0.05, 0.1) is 29.7 Å². The van der Waals surface area contributed by atoms with Crippen LogP contribution in [0.2, 0.25) is 0 Å². The Morgan fingerprint density at radius 1 is 1.32 bits per heavy atom. The molecule has 1 amide bonds. The van der Waals surface area contributed by atoms with E-state index in [-0.39, 0.29) is 11.6 Å². The SMILES string of the molecule is COCCNc1ccc(C(=O)Nc2ccccc2C#N)nc1. The Labute approximate surface area is 128 Å². The molecule has 0 aliphatic carbocycles. The summed E-state index contributed by atoms with van der Waals surface area (Å²) in [5, 5.41) is 14.8. The van der Waals surface area contributed by atoms with Crippen LogP contribution in [0.15, 0.2) is 42.6 Å². The summed E-state index contributed by atoms with van der Waals surface area (Å²) >= 11 is 0. The molecule has 0 unspecified atom stereocenters. The normalized spacial score (nSPS) is 9.82. The van der Waals surface area contributed by atoms with Gasteiger partial charge in [-0.1, -0.05) is 12.1 Å². The van der Waals surface area contributed by atoms with Crippen LogP contribution in [0.4, 0.5) is 11.4 Å². The molecule has 0 radical (unpaired) electrons. The molecule has 6 heteroatoms. The molecule has 0 atom stereocenters. The number of carbonyl (C=O) groups excluding carboxylic acids is 1. The number of aromatic nitrogens is 1. The summed E-state index contributed by atoms with van der Waals surface area (Å²) in [6.45, 7) is 1.26. The molecule has 0 saturated carbocycles. The van der Waals surface area contributed by atoms with Crippen LogP contribution in [0, 0.1) is 11.3 Å². The average molecular weight is 296 g/mol. The van der Waals surface area contributed by atoms with Crippen molar-refractivity contribution in [2.24, 2.45) is 0 Å². The summed E-state index contributed by atoms with van der Waals surface area (Å²) in [5.74, 6) is -0.355. The zero-order valence-electron chi connectivity index (χ0n) is 12.2. The second-order valence-electron chi connectivity index (χ2n) is 4.46. The first-order valence-electron chi connectivity index (χ1n) is 6.74. The summed E-state index contributed by atoms with van der Waals surface area (Å²) in [7, 11) is 1.63. The molecular formula is C16H16N4O2. The highest BCUT2D eigenvalue weighted by Crippen LogP contribution is 2.15. The lowest BCUT2D eigenvalue weighted by Crippen LogP contribution is -2.15. The van der Waals surface area contributed by atoms with Crippen LogP contribution >= 0.6 is 0 Å². The maximum absolute atomic E-state index is 12.1. The van der Waals surface area contributed by atoms with E-state index < -0.39 is 0 Å². The second-order valence-corrected chi connectivity index (χ2v) is 4.46. The number of anilines is 2. The molecule has 1 aromatic carbocycles. The highest BCUT2D eigenvalue weighted by Gasteiger charge is 2.10. The highest BCUT2D eigenvalue weighted by atomic mass is 16.5. The van der Waals surface area contributed by atoms with Crippen LogP contribution in [-0.2, 0) is 4.74 Å². The Morgan fingerprint density at radius 2 is 2.14 bits per heavy atom. The number of nitrogens with zero attached hydrogens (tertiary/aromatic N) is 2. The van der Waals surface area contributed by atoms with Gasteiger partial charge in [0.2, 0.25) is 0 Å².